The Labute approximate surface area is 159 Å². The SMILES string of the molecule is CS(=O)(=O)OCCCC1CCN(c2ccn3c(c2)nc2ccccc23)CC1. The molecular formula is C20H25N3O3S. The van der Waals surface area contributed by atoms with Gasteiger partial charge >= 0.3 is 0 Å². The summed E-state index contributed by atoms with van der Waals surface area (Å²) in [5.74, 6) is 0.641. The van der Waals surface area contributed by atoms with Crippen LogP contribution in [0, 0.1) is 5.92 Å². The average Bonchev–Trinajstić information content (AvgIpc) is 3.03. The monoisotopic (exact) mass is 387 g/mol. The van der Waals surface area contributed by atoms with E-state index < -0.39 is 10.1 Å². The Bertz CT molecular complexity index is 1040. The normalized spacial score (nSPS) is 16.4. The maximum Gasteiger partial charge on any atom is 0.264 e. The Balaban J connectivity index is 1.36. The maximum absolute atomic E-state index is 11.0. The van der Waals surface area contributed by atoms with Crippen LogP contribution in [-0.2, 0) is 14.3 Å². The molecule has 0 N–H and O–H groups in total. The predicted molar refractivity (Wildman–Crippen MR) is 108 cm³/mol. The second-order valence-corrected chi connectivity index (χ2v) is 8.96. The fraction of sp³-hybridized carbons (Fsp3) is 0.450. The maximum atomic E-state index is 11.0. The van der Waals surface area contributed by atoms with Crippen LogP contribution < -0.4 is 4.90 Å². The highest BCUT2D eigenvalue weighted by molar-refractivity contribution is 7.85. The quantitative estimate of drug-likeness (QED) is 0.479. The fourth-order valence-electron chi connectivity index (χ4n) is 3.91. The van der Waals surface area contributed by atoms with Gasteiger partial charge in [0, 0.05) is 31.0 Å². The third kappa shape index (κ3) is 4.25. The number of rotatable bonds is 6. The van der Waals surface area contributed by atoms with Crippen molar-refractivity contribution < 1.29 is 12.6 Å². The van der Waals surface area contributed by atoms with Crippen molar-refractivity contribution in [1.82, 2.24) is 9.38 Å². The summed E-state index contributed by atoms with van der Waals surface area (Å²) in [4.78, 5) is 7.15. The molecular weight excluding hydrogens is 362 g/mol. The Morgan fingerprint density at radius 1 is 1.19 bits per heavy atom. The van der Waals surface area contributed by atoms with Gasteiger partial charge in [0.1, 0.15) is 5.65 Å². The van der Waals surface area contributed by atoms with Crippen LogP contribution in [0.2, 0.25) is 0 Å². The van der Waals surface area contributed by atoms with E-state index in [1.807, 2.05) is 18.2 Å². The van der Waals surface area contributed by atoms with Crippen molar-refractivity contribution in [3.8, 4) is 0 Å². The van der Waals surface area contributed by atoms with Crippen LogP contribution in [0.25, 0.3) is 16.7 Å². The molecule has 0 bridgehead atoms. The molecule has 0 amide bonds. The third-order valence-electron chi connectivity index (χ3n) is 5.33. The molecule has 0 atom stereocenters. The van der Waals surface area contributed by atoms with Gasteiger partial charge in [0.15, 0.2) is 0 Å². The van der Waals surface area contributed by atoms with Gasteiger partial charge in [-0.2, -0.15) is 8.42 Å². The van der Waals surface area contributed by atoms with E-state index in [4.69, 9.17) is 9.17 Å². The molecule has 6 nitrogen and oxygen atoms in total. The van der Waals surface area contributed by atoms with Gasteiger partial charge in [0.25, 0.3) is 10.1 Å². The number of imidazole rings is 1. The molecule has 0 saturated carbocycles. The first-order valence-corrected chi connectivity index (χ1v) is 11.3. The van der Waals surface area contributed by atoms with Gasteiger partial charge in [-0.1, -0.05) is 12.1 Å². The van der Waals surface area contributed by atoms with Crippen molar-refractivity contribution in [3.05, 3.63) is 42.6 Å². The van der Waals surface area contributed by atoms with Gasteiger partial charge in [0.2, 0.25) is 0 Å². The van der Waals surface area contributed by atoms with Gasteiger partial charge in [-0.3, -0.25) is 8.58 Å². The summed E-state index contributed by atoms with van der Waals surface area (Å²) < 4.78 is 29.0. The Hall–Kier alpha value is -2.12. The first-order chi connectivity index (χ1) is 13.0. The Kier molecular flexibility index (Phi) is 5.06. The molecule has 2 aromatic heterocycles. The van der Waals surface area contributed by atoms with E-state index in [2.05, 4.69) is 33.7 Å². The zero-order valence-electron chi connectivity index (χ0n) is 15.5. The standard InChI is InChI=1S/C20H25N3O3S/c1-27(24,25)26-14-4-5-16-8-11-22(12-9-16)17-10-13-23-19-7-3-2-6-18(19)21-20(23)15-17/h2-3,6-7,10,13,15-16H,4-5,8-9,11-12,14H2,1H3. The van der Waals surface area contributed by atoms with Crippen LogP contribution in [0.15, 0.2) is 42.6 Å². The number of aromatic nitrogens is 2. The van der Waals surface area contributed by atoms with Crippen LogP contribution in [-0.4, -0.2) is 43.8 Å². The summed E-state index contributed by atoms with van der Waals surface area (Å²) in [6, 6.07) is 12.5. The largest absolute Gasteiger partial charge is 0.371 e. The molecule has 0 spiro atoms. The topological polar surface area (TPSA) is 63.9 Å². The zero-order valence-corrected chi connectivity index (χ0v) is 16.4. The molecule has 0 radical (unpaired) electrons. The summed E-state index contributed by atoms with van der Waals surface area (Å²) >= 11 is 0. The molecule has 1 saturated heterocycles. The number of hydrogen-bond donors (Lipinski definition) is 0. The molecule has 144 valence electrons. The zero-order chi connectivity index (χ0) is 18.9. The van der Waals surface area contributed by atoms with Crippen LogP contribution in [0.1, 0.15) is 25.7 Å². The molecule has 3 heterocycles. The van der Waals surface area contributed by atoms with Gasteiger partial charge in [-0.05, 0) is 49.8 Å². The van der Waals surface area contributed by atoms with Gasteiger partial charge < -0.3 is 4.90 Å². The summed E-state index contributed by atoms with van der Waals surface area (Å²) in [7, 11) is -3.32. The number of benzene rings is 1. The molecule has 27 heavy (non-hydrogen) atoms. The first kappa shape index (κ1) is 18.3. The van der Waals surface area contributed by atoms with Crippen LogP contribution in [0.3, 0.4) is 0 Å². The number of anilines is 1. The molecule has 0 aliphatic carbocycles. The van der Waals surface area contributed by atoms with Gasteiger partial charge in [-0.25, -0.2) is 4.98 Å². The molecule has 1 fully saturated rings. The van der Waals surface area contributed by atoms with E-state index in [1.54, 1.807) is 0 Å². The lowest BCUT2D eigenvalue weighted by atomic mass is 9.92. The second kappa shape index (κ2) is 7.48. The van der Waals surface area contributed by atoms with Crippen molar-refractivity contribution in [2.45, 2.75) is 25.7 Å². The molecule has 1 aliphatic heterocycles. The lowest BCUT2D eigenvalue weighted by molar-refractivity contribution is 0.284. The highest BCUT2D eigenvalue weighted by Gasteiger charge is 2.20. The fourth-order valence-corrected chi connectivity index (χ4v) is 4.33. The van der Waals surface area contributed by atoms with Gasteiger partial charge in [-0.15, -0.1) is 0 Å². The van der Waals surface area contributed by atoms with E-state index in [0.29, 0.717) is 12.5 Å². The predicted octanol–water partition coefficient (Wildman–Crippen LogP) is 3.46. The van der Waals surface area contributed by atoms with Crippen molar-refractivity contribution in [3.63, 3.8) is 0 Å². The van der Waals surface area contributed by atoms with Crippen molar-refractivity contribution in [2.75, 3.05) is 30.9 Å². The number of para-hydroxylation sites is 2. The van der Waals surface area contributed by atoms with E-state index in [-0.39, 0.29) is 0 Å². The van der Waals surface area contributed by atoms with Gasteiger partial charge in [0.05, 0.1) is 23.9 Å². The number of nitrogens with zero attached hydrogens (tertiary/aromatic N) is 3. The van der Waals surface area contributed by atoms with Crippen molar-refractivity contribution >= 4 is 32.5 Å². The number of piperidine rings is 1. The van der Waals surface area contributed by atoms with Crippen molar-refractivity contribution in [2.24, 2.45) is 5.92 Å². The first-order valence-electron chi connectivity index (χ1n) is 9.46. The third-order valence-corrected chi connectivity index (χ3v) is 5.92. The molecule has 3 aromatic rings. The molecule has 1 aromatic carbocycles. The smallest absolute Gasteiger partial charge is 0.264 e. The van der Waals surface area contributed by atoms with E-state index in [0.717, 1.165) is 61.7 Å². The Morgan fingerprint density at radius 3 is 2.74 bits per heavy atom. The highest BCUT2D eigenvalue weighted by atomic mass is 32.2. The van der Waals surface area contributed by atoms with E-state index in [9.17, 15) is 8.42 Å². The number of hydrogen-bond acceptors (Lipinski definition) is 5. The lowest BCUT2D eigenvalue weighted by Crippen LogP contribution is -2.33. The van der Waals surface area contributed by atoms with Crippen LogP contribution in [0.4, 0.5) is 5.69 Å². The highest BCUT2D eigenvalue weighted by Crippen LogP contribution is 2.27. The van der Waals surface area contributed by atoms with Crippen molar-refractivity contribution in [1.29, 1.82) is 0 Å². The Morgan fingerprint density at radius 2 is 1.96 bits per heavy atom. The minimum absolute atomic E-state index is 0.295. The summed E-state index contributed by atoms with van der Waals surface area (Å²) in [6.07, 6.45) is 7.28. The summed E-state index contributed by atoms with van der Waals surface area (Å²) in [5.41, 5.74) is 4.35. The second-order valence-electron chi connectivity index (χ2n) is 7.31. The number of fused-ring (bicyclic) bond motifs is 3. The minimum Gasteiger partial charge on any atom is -0.371 e. The van der Waals surface area contributed by atoms with E-state index >= 15 is 0 Å². The number of pyridine rings is 1. The lowest BCUT2D eigenvalue weighted by Gasteiger charge is -2.33. The molecule has 0 unspecified atom stereocenters. The summed E-state index contributed by atoms with van der Waals surface area (Å²) in [5, 5.41) is 0. The van der Waals surface area contributed by atoms with E-state index in [1.165, 1.54) is 5.69 Å². The molecule has 7 heteroatoms. The average molecular weight is 388 g/mol. The molecule has 4 rings (SSSR count). The summed E-state index contributed by atoms with van der Waals surface area (Å²) in [6.45, 7) is 2.34. The van der Waals surface area contributed by atoms with Crippen LogP contribution in [0.5, 0.6) is 0 Å². The molecule has 1 aliphatic rings. The van der Waals surface area contributed by atoms with Crippen LogP contribution >= 0.6 is 0 Å². The minimum atomic E-state index is -3.32.